The maximum absolute atomic E-state index is 13.8. The van der Waals surface area contributed by atoms with E-state index in [1.165, 1.54) is 18.3 Å². The molecule has 1 saturated carbocycles. The number of hydrogen-bond donors (Lipinski definition) is 2. The van der Waals surface area contributed by atoms with Gasteiger partial charge in [-0.3, -0.25) is 9.67 Å². The summed E-state index contributed by atoms with van der Waals surface area (Å²) in [5.41, 5.74) is 0.910. The minimum atomic E-state index is -4.56. The van der Waals surface area contributed by atoms with Crippen LogP contribution in [0.3, 0.4) is 0 Å². The van der Waals surface area contributed by atoms with Gasteiger partial charge in [0, 0.05) is 49.2 Å². The first-order valence-corrected chi connectivity index (χ1v) is 12.2. The Morgan fingerprint density at radius 3 is 2.64 bits per heavy atom. The van der Waals surface area contributed by atoms with E-state index >= 15 is 0 Å². The van der Waals surface area contributed by atoms with Crippen molar-refractivity contribution in [1.29, 1.82) is 0 Å². The van der Waals surface area contributed by atoms with Crippen molar-refractivity contribution < 1.29 is 27.8 Å². The van der Waals surface area contributed by atoms with Gasteiger partial charge in [-0.2, -0.15) is 18.3 Å². The lowest BCUT2D eigenvalue weighted by Crippen LogP contribution is -2.15. The number of aliphatic hydroxyl groups excluding tert-OH is 1. The Labute approximate surface area is 207 Å². The summed E-state index contributed by atoms with van der Waals surface area (Å²) in [6, 6.07) is 7.29. The standard InChI is InChI=1S/C26H29F3N4O3/c1-16(34)12-19-13-18(6-9-30-19)31-23-14-21(4-5-22(23)26(27,28)29)36-24-15-33(20-2-3-20)32-25(24)17-7-10-35-11-8-17/h4-6,9,13-17,20,34H,2-3,7-8,10-12H2,1H3,(H,30,31). The lowest BCUT2D eigenvalue weighted by atomic mass is 9.96. The first kappa shape index (κ1) is 24.6. The highest BCUT2D eigenvalue weighted by molar-refractivity contribution is 5.66. The lowest BCUT2D eigenvalue weighted by molar-refractivity contribution is -0.136. The van der Waals surface area contributed by atoms with E-state index < -0.39 is 17.8 Å². The monoisotopic (exact) mass is 502 g/mol. The molecule has 2 aliphatic rings. The minimum absolute atomic E-state index is 0.128. The number of alkyl halides is 3. The van der Waals surface area contributed by atoms with Crippen LogP contribution in [0.25, 0.3) is 0 Å². The number of hydrogen-bond acceptors (Lipinski definition) is 6. The van der Waals surface area contributed by atoms with Crippen LogP contribution < -0.4 is 10.1 Å². The van der Waals surface area contributed by atoms with Crippen molar-refractivity contribution in [3.8, 4) is 11.5 Å². The maximum Gasteiger partial charge on any atom is 0.418 e. The molecule has 0 bridgehead atoms. The second-order valence-electron chi connectivity index (χ2n) is 9.50. The largest absolute Gasteiger partial charge is 0.454 e. The highest BCUT2D eigenvalue weighted by Gasteiger charge is 2.34. The molecular formula is C26H29F3N4O3. The highest BCUT2D eigenvalue weighted by atomic mass is 19.4. The molecule has 7 nitrogen and oxygen atoms in total. The molecule has 1 aliphatic heterocycles. The summed E-state index contributed by atoms with van der Waals surface area (Å²) < 4.78 is 55.0. The van der Waals surface area contributed by atoms with E-state index in [0.29, 0.717) is 42.8 Å². The molecule has 1 atom stereocenters. The molecule has 2 N–H and O–H groups in total. The number of benzene rings is 1. The van der Waals surface area contributed by atoms with Gasteiger partial charge >= 0.3 is 6.18 Å². The van der Waals surface area contributed by atoms with Crippen LogP contribution in [0.5, 0.6) is 11.5 Å². The number of anilines is 2. The van der Waals surface area contributed by atoms with Crippen molar-refractivity contribution in [3.63, 3.8) is 0 Å². The molecule has 0 spiro atoms. The van der Waals surface area contributed by atoms with Gasteiger partial charge in [-0.1, -0.05) is 0 Å². The van der Waals surface area contributed by atoms with Crippen LogP contribution in [-0.4, -0.2) is 39.2 Å². The fraction of sp³-hybridized carbons (Fsp3) is 0.462. The number of rotatable bonds is 8. The Kier molecular flexibility index (Phi) is 6.90. The molecule has 2 aromatic heterocycles. The quantitative estimate of drug-likeness (QED) is 0.394. The van der Waals surface area contributed by atoms with Crippen molar-refractivity contribution in [2.24, 2.45) is 0 Å². The Morgan fingerprint density at radius 1 is 1.17 bits per heavy atom. The van der Waals surface area contributed by atoms with Crippen molar-refractivity contribution in [1.82, 2.24) is 14.8 Å². The summed E-state index contributed by atoms with van der Waals surface area (Å²) in [5, 5.41) is 17.3. The molecule has 5 rings (SSSR count). The molecule has 1 saturated heterocycles. The van der Waals surface area contributed by atoms with Crippen LogP contribution in [0.15, 0.2) is 42.7 Å². The van der Waals surface area contributed by atoms with Gasteiger partial charge in [0.05, 0.1) is 29.6 Å². The van der Waals surface area contributed by atoms with E-state index in [1.54, 1.807) is 19.1 Å². The number of aromatic nitrogens is 3. The Morgan fingerprint density at radius 2 is 1.94 bits per heavy atom. The number of pyridine rings is 1. The van der Waals surface area contributed by atoms with Crippen molar-refractivity contribution in [2.75, 3.05) is 18.5 Å². The van der Waals surface area contributed by atoms with Crippen LogP contribution in [-0.2, 0) is 17.3 Å². The Balaban J connectivity index is 1.45. The summed E-state index contributed by atoms with van der Waals surface area (Å²) in [6.07, 6.45) is 2.27. The van der Waals surface area contributed by atoms with Crippen LogP contribution in [0.2, 0.25) is 0 Å². The summed E-state index contributed by atoms with van der Waals surface area (Å²) in [5.74, 6) is 1.04. The number of ether oxygens (including phenoxy) is 2. The zero-order chi connectivity index (χ0) is 25.3. The smallest absolute Gasteiger partial charge is 0.418 e. The predicted octanol–water partition coefficient (Wildman–Crippen LogP) is 5.99. The average Bonchev–Trinajstić information content (AvgIpc) is 3.59. The first-order valence-electron chi connectivity index (χ1n) is 12.2. The number of halogens is 3. The zero-order valence-corrected chi connectivity index (χ0v) is 20.0. The normalized spacial score (nSPS) is 17.7. The summed E-state index contributed by atoms with van der Waals surface area (Å²) in [6.45, 7) is 2.93. The first-order chi connectivity index (χ1) is 17.3. The predicted molar refractivity (Wildman–Crippen MR) is 128 cm³/mol. The van der Waals surface area contributed by atoms with Crippen molar-refractivity contribution in [2.45, 2.75) is 63.3 Å². The van der Waals surface area contributed by atoms with Crippen LogP contribution in [0.1, 0.15) is 61.5 Å². The molecule has 3 aromatic rings. The molecular weight excluding hydrogens is 473 g/mol. The molecule has 0 radical (unpaired) electrons. The average molecular weight is 503 g/mol. The van der Waals surface area contributed by atoms with Gasteiger partial charge in [0.25, 0.3) is 0 Å². The molecule has 2 fully saturated rings. The van der Waals surface area contributed by atoms with Crippen LogP contribution in [0, 0.1) is 0 Å². The fourth-order valence-corrected chi connectivity index (χ4v) is 4.44. The fourth-order valence-electron chi connectivity index (χ4n) is 4.44. The SMILES string of the molecule is CC(O)Cc1cc(Nc2cc(Oc3cn(C4CC4)nc3C3CCOCC3)ccc2C(F)(F)F)ccn1. The molecule has 0 amide bonds. The van der Waals surface area contributed by atoms with Gasteiger partial charge < -0.3 is 19.9 Å². The lowest BCUT2D eigenvalue weighted by Gasteiger charge is -2.21. The van der Waals surface area contributed by atoms with E-state index in [-0.39, 0.29) is 17.4 Å². The highest BCUT2D eigenvalue weighted by Crippen LogP contribution is 2.42. The van der Waals surface area contributed by atoms with E-state index in [2.05, 4.69) is 10.3 Å². The van der Waals surface area contributed by atoms with E-state index in [1.807, 2.05) is 10.9 Å². The van der Waals surface area contributed by atoms with Gasteiger partial charge in [-0.15, -0.1) is 0 Å². The second-order valence-corrected chi connectivity index (χ2v) is 9.50. The van der Waals surface area contributed by atoms with Gasteiger partial charge in [0.1, 0.15) is 11.4 Å². The number of nitrogens with one attached hydrogen (secondary N) is 1. The van der Waals surface area contributed by atoms with Crippen LogP contribution in [0.4, 0.5) is 24.5 Å². The summed E-state index contributed by atoms with van der Waals surface area (Å²) >= 11 is 0. The topological polar surface area (TPSA) is 81.4 Å². The van der Waals surface area contributed by atoms with E-state index in [9.17, 15) is 18.3 Å². The number of nitrogens with zero attached hydrogens (tertiary/aromatic N) is 3. The molecule has 1 aromatic carbocycles. The molecule has 36 heavy (non-hydrogen) atoms. The third-order valence-corrected chi connectivity index (χ3v) is 6.38. The van der Waals surface area contributed by atoms with Crippen LogP contribution >= 0.6 is 0 Å². The third kappa shape index (κ3) is 5.82. The zero-order valence-electron chi connectivity index (χ0n) is 20.0. The molecule has 192 valence electrons. The Hall–Kier alpha value is -3.11. The second kappa shape index (κ2) is 10.1. The van der Waals surface area contributed by atoms with E-state index in [4.69, 9.17) is 14.6 Å². The molecule has 3 heterocycles. The van der Waals surface area contributed by atoms with Crippen molar-refractivity contribution in [3.05, 3.63) is 59.7 Å². The van der Waals surface area contributed by atoms with Gasteiger partial charge in [-0.25, -0.2) is 0 Å². The molecule has 1 aliphatic carbocycles. The minimum Gasteiger partial charge on any atom is -0.454 e. The van der Waals surface area contributed by atoms with Gasteiger partial charge in [0.2, 0.25) is 0 Å². The number of aliphatic hydroxyl groups is 1. The van der Waals surface area contributed by atoms with Gasteiger partial charge in [-0.05, 0) is 56.9 Å². The molecule has 1 unspecified atom stereocenters. The Bertz CT molecular complexity index is 1200. The maximum atomic E-state index is 13.8. The summed E-state index contributed by atoms with van der Waals surface area (Å²) in [4.78, 5) is 4.18. The van der Waals surface area contributed by atoms with E-state index in [0.717, 1.165) is 37.4 Å². The summed E-state index contributed by atoms with van der Waals surface area (Å²) in [7, 11) is 0. The van der Waals surface area contributed by atoms with Gasteiger partial charge in [0.15, 0.2) is 5.75 Å². The third-order valence-electron chi connectivity index (χ3n) is 6.38. The molecule has 10 heteroatoms. The van der Waals surface area contributed by atoms with Crippen molar-refractivity contribution >= 4 is 11.4 Å².